The molecule has 0 spiro atoms. The van der Waals surface area contributed by atoms with Crippen molar-refractivity contribution < 1.29 is 46.3 Å². The van der Waals surface area contributed by atoms with Gasteiger partial charge in [0, 0.05) is 19.4 Å². The van der Waals surface area contributed by atoms with Crippen LogP contribution in [0.25, 0.3) is 11.2 Å². The van der Waals surface area contributed by atoms with Crippen LogP contribution in [-0.2, 0) is 43.9 Å². The van der Waals surface area contributed by atoms with Crippen molar-refractivity contribution in [3.8, 4) is 0 Å². The second-order valence-electron chi connectivity index (χ2n) is 9.18. The molecule has 42 heavy (non-hydrogen) atoms. The van der Waals surface area contributed by atoms with E-state index >= 15 is 4.39 Å². The first-order valence-corrected chi connectivity index (χ1v) is 16.3. The van der Waals surface area contributed by atoms with Crippen molar-refractivity contribution in [2.75, 3.05) is 26.1 Å². The summed E-state index contributed by atoms with van der Waals surface area (Å²) in [5, 5.41) is 0. The van der Waals surface area contributed by atoms with Gasteiger partial charge in [0.2, 0.25) is 0 Å². The number of aromatic nitrogens is 6. The number of nitrogens with zero attached hydrogens (tertiary/aromatic N) is 5. The highest BCUT2D eigenvalue weighted by Crippen LogP contribution is 2.51. The Kier molecular flexibility index (Phi) is 9.03. The first kappa shape index (κ1) is 31.0. The van der Waals surface area contributed by atoms with E-state index in [-0.39, 0.29) is 12.4 Å². The molecule has 18 nitrogen and oxygen atoms in total. The van der Waals surface area contributed by atoms with Gasteiger partial charge in [0.1, 0.15) is 30.3 Å². The van der Waals surface area contributed by atoms with Crippen molar-refractivity contribution in [2.24, 2.45) is 0 Å². The number of H-pyrrole nitrogens is 1. The first-order valence-electron chi connectivity index (χ1n) is 12.3. The minimum absolute atomic E-state index is 0.220. The fraction of sp³-hybridized carbons (Fsp3) is 0.550. The molecule has 0 aromatic carbocycles. The van der Waals surface area contributed by atoms with Gasteiger partial charge < -0.3 is 29.5 Å². The van der Waals surface area contributed by atoms with E-state index in [0.29, 0.717) is 24.0 Å². The van der Waals surface area contributed by atoms with E-state index in [2.05, 4.69) is 19.5 Å². The zero-order valence-electron chi connectivity index (χ0n) is 21.7. The Morgan fingerprint density at radius 1 is 1.19 bits per heavy atom. The van der Waals surface area contributed by atoms with Crippen molar-refractivity contribution in [3.05, 3.63) is 45.8 Å². The third-order valence-electron chi connectivity index (χ3n) is 6.49. The molecule has 0 saturated carbocycles. The molecule has 0 aliphatic carbocycles. The van der Waals surface area contributed by atoms with Crippen LogP contribution in [0.4, 0.5) is 10.2 Å². The highest BCUT2D eigenvalue weighted by molar-refractivity contribution is 8.07. The van der Waals surface area contributed by atoms with Gasteiger partial charge in [-0.3, -0.25) is 32.5 Å². The van der Waals surface area contributed by atoms with Gasteiger partial charge in [0.05, 0.1) is 25.6 Å². The molecule has 5 heterocycles. The molecular formula is C20H26FN7O11P2S. The lowest BCUT2D eigenvalue weighted by molar-refractivity contribution is -0.0493. The van der Waals surface area contributed by atoms with Gasteiger partial charge in [-0.25, -0.2) is 28.7 Å². The molecule has 8 atom stereocenters. The van der Waals surface area contributed by atoms with Crippen LogP contribution in [0.3, 0.4) is 0 Å². The summed E-state index contributed by atoms with van der Waals surface area (Å²) in [6.07, 6.45) is -3.19. The molecular weight excluding hydrogens is 627 g/mol. The van der Waals surface area contributed by atoms with Crippen molar-refractivity contribution in [2.45, 2.75) is 49.8 Å². The van der Waals surface area contributed by atoms with Gasteiger partial charge in [0.15, 0.2) is 23.9 Å². The van der Waals surface area contributed by atoms with E-state index in [1.807, 2.05) is 4.98 Å². The minimum Gasteiger partial charge on any atom is -0.382 e. The molecule has 22 heteroatoms. The van der Waals surface area contributed by atoms with E-state index in [9.17, 15) is 23.9 Å². The SMILES string of the molecule is COP(=O)(O)OC[C@H]1O[C@@H](n2ccc(=O)[nH]c2=O)[C@H](F)[C@@H]1OP(O)(=S)OC[C@@H]1CC[C@H](n2cnc3c(N)ncnc32)O1. The van der Waals surface area contributed by atoms with Gasteiger partial charge in [-0.15, -0.1) is 0 Å². The maximum absolute atomic E-state index is 15.6. The number of nitrogens with one attached hydrogen (secondary N) is 1. The van der Waals surface area contributed by atoms with Crippen molar-refractivity contribution >= 4 is 43.3 Å². The van der Waals surface area contributed by atoms with Crippen LogP contribution < -0.4 is 17.0 Å². The summed E-state index contributed by atoms with van der Waals surface area (Å²) in [6, 6.07) is 0.965. The largest absolute Gasteiger partial charge is 0.472 e. The second-order valence-corrected chi connectivity index (χ2v) is 13.5. The Balaban J connectivity index is 1.25. The van der Waals surface area contributed by atoms with Crippen LogP contribution in [0.2, 0.25) is 0 Å². The van der Waals surface area contributed by atoms with Gasteiger partial charge in [-0.05, 0) is 24.6 Å². The predicted molar refractivity (Wildman–Crippen MR) is 143 cm³/mol. The molecule has 0 radical (unpaired) electrons. The molecule has 5 rings (SSSR count). The number of hydrogen-bond acceptors (Lipinski definition) is 14. The number of imidazole rings is 1. The topological polar surface area (TPSA) is 237 Å². The highest BCUT2D eigenvalue weighted by Gasteiger charge is 2.50. The summed E-state index contributed by atoms with van der Waals surface area (Å²) in [7, 11) is -3.61. The predicted octanol–water partition coefficient (Wildman–Crippen LogP) is 0.254. The summed E-state index contributed by atoms with van der Waals surface area (Å²) in [5.74, 6) is 0.220. The van der Waals surface area contributed by atoms with Gasteiger partial charge in [-0.2, -0.15) is 0 Å². The third-order valence-corrected chi connectivity index (χ3v) is 8.98. The van der Waals surface area contributed by atoms with Gasteiger partial charge in [-0.1, -0.05) is 0 Å². The van der Waals surface area contributed by atoms with Crippen LogP contribution in [0.15, 0.2) is 34.5 Å². The van der Waals surface area contributed by atoms with Crippen molar-refractivity contribution in [3.63, 3.8) is 0 Å². The average Bonchev–Trinajstić information content (AvgIpc) is 3.65. The Morgan fingerprint density at radius 2 is 1.98 bits per heavy atom. The van der Waals surface area contributed by atoms with Crippen molar-refractivity contribution in [1.29, 1.82) is 0 Å². The van der Waals surface area contributed by atoms with E-state index < -0.39 is 69.3 Å². The second kappa shape index (κ2) is 12.3. The molecule has 0 bridgehead atoms. The molecule has 3 aromatic heterocycles. The zero-order chi connectivity index (χ0) is 30.2. The molecule has 2 fully saturated rings. The number of aromatic amines is 1. The normalized spacial score (nSPS) is 29.0. The fourth-order valence-electron chi connectivity index (χ4n) is 4.48. The Bertz CT molecular complexity index is 1660. The van der Waals surface area contributed by atoms with Crippen LogP contribution in [-0.4, -0.2) is 83.7 Å². The first-order chi connectivity index (χ1) is 19.9. The maximum Gasteiger partial charge on any atom is 0.472 e. The fourth-order valence-corrected chi connectivity index (χ4v) is 6.38. The molecule has 2 unspecified atom stereocenters. The number of hydrogen-bond donors (Lipinski definition) is 4. The highest BCUT2D eigenvalue weighted by atomic mass is 32.5. The number of alkyl halides is 1. The van der Waals surface area contributed by atoms with E-state index in [1.54, 1.807) is 4.57 Å². The quantitative estimate of drug-likeness (QED) is 0.203. The van der Waals surface area contributed by atoms with Crippen LogP contribution in [0.1, 0.15) is 25.3 Å². The van der Waals surface area contributed by atoms with Crippen LogP contribution in [0.5, 0.6) is 0 Å². The van der Waals surface area contributed by atoms with E-state index in [1.165, 1.54) is 12.7 Å². The number of halogens is 1. The molecule has 2 aliphatic rings. The molecule has 5 N–H and O–H groups in total. The number of fused-ring (bicyclic) bond motifs is 1. The third kappa shape index (κ3) is 6.68. The maximum atomic E-state index is 15.6. The van der Waals surface area contributed by atoms with Gasteiger partial charge in [0.25, 0.3) is 5.56 Å². The summed E-state index contributed by atoms with van der Waals surface area (Å²) >= 11 is 5.10. The molecule has 3 aromatic rings. The number of nitrogens with two attached hydrogens (primary N) is 1. The number of anilines is 1. The van der Waals surface area contributed by atoms with E-state index in [4.69, 9.17) is 40.6 Å². The number of phosphoric acid groups is 1. The Morgan fingerprint density at radius 3 is 2.71 bits per heavy atom. The summed E-state index contributed by atoms with van der Waals surface area (Å²) in [5.41, 5.74) is 5.01. The van der Waals surface area contributed by atoms with Crippen LogP contribution in [0, 0.1) is 0 Å². The Hall–Kier alpha value is -2.48. The summed E-state index contributed by atoms with van der Waals surface area (Å²) in [6.45, 7) is -5.17. The minimum atomic E-state index is -4.53. The van der Waals surface area contributed by atoms with E-state index in [0.717, 1.165) is 23.9 Å². The number of ether oxygens (including phenoxy) is 2. The molecule has 230 valence electrons. The number of rotatable bonds is 11. The lowest BCUT2D eigenvalue weighted by Crippen LogP contribution is -2.36. The number of nitrogen functional groups attached to an aromatic ring is 1. The standard InChI is InChI=1S/C20H26FN7O11P2S/c1-34-40(31,32)35-7-11-16(14(21)19(38-11)27-5-4-12(29)26-20(27)30)39-41(33,42)36-6-10-2-3-13(37-10)28-9-25-15-17(22)23-8-24-18(15)28/h4-5,8-11,13-14,16,19H,2-3,6-7H2,1H3,(H,31,32)(H,33,42)(H2,22,23,24)(H,26,29,30)/t10-,11+,13+,14+,16+,19+,41?/m0/s1. The zero-order valence-corrected chi connectivity index (χ0v) is 24.3. The smallest absolute Gasteiger partial charge is 0.382 e. The average molecular weight is 653 g/mol. The monoisotopic (exact) mass is 653 g/mol. The van der Waals surface area contributed by atoms with Crippen molar-refractivity contribution in [1.82, 2.24) is 29.1 Å². The lowest BCUT2D eigenvalue weighted by atomic mass is 10.1. The van der Waals surface area contributed by atoms with Crippen LogP contribution >= 0.6 is 14.5 Å². The molecule has 2 aliphatic heterocycles. The van der Waals surface area contributed by atoms with Gasteiger partial charge >= 0.3 is 20.2 Å². The summed E-state index contributed by atoms with van der Waals surface area (Å²) < 4.78 is 61.4. The molecule has 0 amide bonds. The molecule has 2 saturated heterocycles. The number of phosphoric ester groups is 1. The lowest BCUT2D eigenvalue weighted by Gasteiger charge is -2.25. The Labute approximate surface area is 240 Å². The summed E-state index contributed by atoms with van der Waals surface area (Å²) in [4.78, 5) is 58.3.